The van der Waals surface area contributed by atoms with Crippen LogP contribution in [0.4, 0.5) is 5.69 Å². The average molecular weight is 496 g/mol. The summed E-state index contributed by atoms with van der Waals surface area (Å²) in [4.78, 5) is 30.3. The zero-order valence-electron chi connectivity index (χ0n) is 21.1. The number of hydrogen-bond donors (Lipinski definition) is 1. The number of nitrogen functional groups attached to an aromatic ring is 1. The van der Waals surface area contributed by atoms with Gasteiger partial charge in [-0.1, -0.05) is 73.3 Å². The van der Waals surface area contributed by atoms with Crippen molar-refractivity contribution < 1.29 is 14.3 Å². The molecule has 1 amide bonds. The van der Waals surface area contributed by atoms with Crippen molar-refractivity contribution in [3.8, 4) is 0 Å². The minimum absolute atomic E-state index is 0.0405. The van der Waals surface area contributed by atoms with E-state index >= 15 is 0 Å². The van der Waals surface area contributed by atoms with E-state index in [1.54, 1.807) is 0 Å². The van der Waals surface area contributed by atoms with Crippen LogP contribution in [0.1, 0.15) is 45.1 Å². The molecule has 1 saturated heterocycles. The van der Waals surface area contributed by atoms with E-state index in [0.29, 0.717) is 57.1 Å². The fourth-order valence-corrected chi connectivity index (χ4v) is 5.26. The number of benzene rings is 3. The van der Waals surface area contributed by atoms with Crippen molar-refractivity contribution in [2.24, 2.45) is 0 Å². The second-order valence-corrected chi connectivity index (χ2v) is 9.80. The molecule has 1 atom stereocenters. The molecule has 0 radical (unpaired) electrons. The fraction of sp³-hybridized carbons (Fsp3) is 0.290. The number of Topliss-reactive ketones (excluding diaryl/α,β-unsaturated/α-hetero) is 1. The maximum absolute atomic E-state index is 13.2. The number of carbonyl (C=O) groups is 2. The van der Waals surface area contributed by atoms with Gasteiger partial charge in [0, 0.05) is 56.3 Å². The molecule has 5 rings (SSSR count). The van der Waals surface area contributed by atoms with E-state index in [9.17, 15) is 9.59 Å². The van der Waals surface area contributed by atoms with Crippen molar-refractivity contribution in [2.75, 3.05) is 38.6 Å². The number of para-hydroxylation sites is 1. The number of ketones is 1. The van der Waals surface area contributed by atoms with Crippen LogP contribution < -0.4 is 5.73 Å². The Morgan fingerprint density at radius 3 is 2.41 bits per heavy atom. The smallest absolute Gasteiger partial charge is 0.224 e. The number of carbonyl (C=O) groups excluding carboxylic acids is 2. The maximum Gasteiger partial charge on any atom is 0.224 e. The lowest BCUT2D eigenvalue weighted by molar-refractivity contribution is -0.136. The van der Waals surface area contributed by atoms with Crippen LogP contribution in [-0.4, -0.2) is 54.3 Å². The first-order valence-corrected chi connectivity index (χ1v) is 12.8. The Hall–Kier alpha value is -3.74. The second-order valence-electron chi connectivity index (χ2n) is 9.80. The van der Waals surface area contributed by atoms with Crippen molar-refractivity contribution in [3.05, 3.63) is 107 Å². The van der Waals surface area contributed by atoms with Gasteiger partial charge in [0.05, 0.1) is 13.2 Å². The van der Waals surface area contributed by atoms with E-state index in [2.05, 4.69) is 23.6 Å². The third-order valence-electron chi connectivity index (χ3n) is 7.33. The highest BCUT2D eigenvalue weighted by Gasteiger charge is 2.32. The van der Waals surface area contributed by atoms with Gasteiger partial charge in [0.25, 0.3) is 0 Å². The molecular formula is C31H33N3O3. The lowest BCUT2D eigenvalue weighted by Crippen LogP contribution is -2.43. The van der Waals surface area contributed by atoms with Gasteiger partial charge in [-0.3, -0.25) is 14.5 Å². The molecule has 1 fully saturated rings. The van der Waals surface area contributed by atoms with E-state index < -0.39 is 0 Å². The summed E-state index contributed by atoms with van der Waals surface area (Å²) in [6, 6.07) is 23.5. The van der Waals surface area contributed by atoms with Crippen LogP contribution in [0.2, 0.25) is 0 Å². The fourth-order valence-electron chi connectivity index (χ4n) is 5.26. The molecule has 2 heterocycles. The number of ether oxygens (including phenoxy) is 1. The molecule has 3 aromatic carbocycles. The Morgan fingerprint density at radius 1 is 0.946 bits per heavy atom. The molecule has 37 heavy (non-hydrogen) atoms. The zero-order chi connectivity index (χ0) is 25.8. The Balaban J connectivity index is 1.32. The van der Waals surface area contributed by atoms with Gasteiger partial charge in [-0.05, 0) is 33.9 Å². The maximum atomic E-state index is 13.2. The van der Waals surface area contributed by atoms with E-state index in [-0.39, 0.29) is 24.2 Å². The Morgan fingerprint density at radius 2 is 1.65 bits per heavy atom. The highest BCUT2D eigenvalue weighted by molar-refractivity contribution is 5.98. The Kier molecular flexibility index (Phi) is 7.49. The number of nitrogens with two attached hydrogens (primary N) is 1. The first-order valence-electron chi connectivity index (χ1n) is 12.8. The van der Waals surface area contributed by atoms with Gasteiger partial charge in [-0.2, -0.15) is 0 Å². The number of anilines is 1. The van der Waals surface area contributed by atoms with Gasteiger partial charge >= 0.3 is 0 Å². The van der Waals surface area contributed by atoms with Gasteiger partial charge in [-0.15, -0.1) is 0 Å². The first-order chi connectivity index (χ1) is 18.0. The molecule has 6 nitrogen and oxygen atoms in total. The molecular weight excluding hydrogens is 462 g/mol. The number of morpholine rings is 1. The minimum atomic E-state index is -0.0422. The number of nitrogens with zero attached hydrogens (tertiary/aromatic N) is 2. The Labute approximate surface area is 218 Å². The molecule has 0 aromatic heterocycles. The molecule has 6 heteroatoms. The number of rotatable bonds is 7. The molecule has 2 aliphatic heterocycles. The molecule has 0 bridgehead atoms. The van der Waals surface area contributed by atoms with Crippen LogP contribution in [0.15, 0.2) is 79.4 Å². The summed E-state index contributed by atoms with van der Waals surface area (Å²) in [5, 5.41) is 0. The minimum Gasteiger partial charge on any atom is -0.398 e. The van der Waals surface area contributed by atoms with Crippen molar-refractivity contribution in [1.29, 1.82) is 0 Å². The summed E-state index contributed by atoms with van der Waals surface area (Å²) in [6.45, 7) is 8.15. The molecule has 2 N–H and O–H groups in total. The quantitative estimate of drug-likeness (QED) is 0.386. The van der Waals surface area contributed by atoms with Crippen LogP contribution in [0.25, 0.3) is 5.57 Å². The monoisotopic (exact) mass is 495 g/mol. The highest BCUT2D eigenvalue weighted by Crippen LogP contribution is 2.38. The van der Waals surface area contributed by atoms with Crippen LogP contribution in [0, 0.1) is 0 Å². The number of amides is 1. The summed E-state index contributed by atoms with van der Waals surface area (Å²) in [5.74, 6) is 0.195. The Bertz CT molecular complexity index is 1300. The predicted molar refractivity (Wildman–Crippen MR) is 146 cm³/mol. The van der Waals surface area contributed by atoms with Gasteiger partial charge < -0.3 is 15.4 Å². The summed E-state index contributed by atoms with van der Waals surface area (Å²) in [7, 11) is 0. The van der Waals surface area contributed by atoms with E-state index in [0.717, 1.165) is 27.8 Å². The van der Waals surface area contributed by atoms with Gasteiger partial charge in [-0.25, -0.2) is 0 Å². The lowest BCUT2D eigenvalue weighted by Gasteiger charge is -2.39. The van der Waals surface area contributed by atoms with Crippen LogP contribution in [-0.2, 0) is 22.5 Å². The first kappa shape index (κ1) is 24.9. The third-order valence-corrected chi connectivity index (χ3v) is 7.33. The molecule has 0 spiro atoms. The molecule has 0 aliphatic carbocycles. The van der Waals surface area contributed by atoms with Crippen molar-refractivity contribution in [1.82, 2.24) is 9.80 Å². The summed E-state index contributed by atoms with van der Waals surface area (Å²) < 4.78 is 5.43. The average Bonchev–Trinajstić information content (AvgIpc) is 2.93. The third kappa shape index (κ3) is 5.66. The van der Waals surface area contributed by atoms with Crippen LogP contribution in [0.5, 0.6) is 0 Å². The van der Waals surface area contributed by atoms with Crippen LogP contribution in [0.3, 0.4) is 0 Å². The predicted octanol–water partition coefficient (Wildman–Crippen LogP) is 4.51. The van der Waals surface area contributed by atoms with Gasteiger partial charge in [0.1, 0.15) is 0 Å². The van der Waals surface area contributed by atoms with E-state index in [1.165, 1.54) is 0 Å². The lowest BCUT2D eigenvalue weighted by atomic mass is 9.87. The normalized spacial score (nSPS) is 17.9. The van der Waals surface area contributed by atoms with Crippen molar-refractivity contribution >= 4 is 23.0 Å². The molecule has 1 unspecified atom stereocenters. The SMILES string of the molecule is C=C1CN(Cc2ccc(C(=O)Cc3ccccc3N)cc2)C(CC(=O)N2CCOCC2)c2ccccc21. The van der Waals surface area contributed by atoms with E-state index in [1.807, 2.05) is 65.6 Å². The summed E-state index contributed by atoms with van der Waals surface area (Å²) in [5.41, 5.74) is 12.6. The second kappa shape index (κ2) is 11.1. The molecule has 190 valence electrons. The van der Waals surface area contributed by atoms with Gasteiger partial charge in [0.15, 0.2) is 5.78 Å². The van der Waals surface area contributed by atoms with Crippen LogP contribution >= 0.6 is 0 Å². The standard InChI is InChI=1S/C31H33N3O3/c1-22-20-34(21-23-10-12-24(13-11-23)30(35)18-25-6-2-5-9-28(25)32)29(27-8-4-3-7-26(22)27)19-31(36)33-14-16-37-17-15-33/h2-13,29H,1,14-21,32H2. The summed E-state index contributed by atoms with van der Waals surface area (Å²) in [6.07, 6.45) is 0.694. The van der Waals surface area contributed by atoms with Crippen molar-refractivity contribution in [2.45, 2.75) is 25.4 Å². The highest BCUT2D eigenvalue weighted by atomic mass is 16.5. The van der Waals surface area contributed by atoms with E-state index in [4.69, 9.17) is 10.5 Å². The van der Waals surface area contributed by atoms with Crippen molar-refractivity contribution in [3.63, 3.8) is 0 Å². The zero-order valence-corrected chi connectivity index (χ0v) is 21.1. The largest absolute Gasteiger partial charge is 0.398 e. The number of fused-ring (bicyclic) bond motifs is 1. The number of hydrogen-bond acceptors (Lipinski definition) is 5. The topological polar surface area (TPSA) is 75.9 Å². The molecule has 3 aromatic rings. The molecule has 2 aliphatic rings. The molecule has 0 saturated carbocycles. The van der Waals surface area contributed by atoms with Gasteiger partial charge in [0.2, 0.25) is 5.91 Å². The summed E-state index contributed by atoms with van der Waals surface area (Å²) >= 11 is 0.